The van der Waals surface area contributed by atoms with Crippen molar-refractivity contribution in [3.05, 3.63) is 43.8 Å². The first kappa shape index (κ1) is 19.4. The first-order chi connectivity index (χ1) is 11.3. The number of carboxylic acids is 1. The van der Waals surface area contributed by atoms with Gasteiger partial charge in [-0.25, -0.2) is 0 Å². The van der Waals surface area contributed by atoms with Gasteiger partial charge in [0.25, 0.3) is 0 Å². The molecular formula is C15H12I4NO4-. The van der Waals surface area contributed by atoms with Gasteiger partial charge < -0.3 is 0 Å². The number of aliphatic hydroxyl groups is 1. The maximum atomic E-state index is 11.0. The number of nitrogens with two attached hydrogens (primary N) is 1. The second-order valence-electron chi connectivity index (χ2n) is 5.34. The van der Waals surface area contributed by atoms with Crippen LogP contribution in [0.5, 0.6) is 5.75 Å². The Hall–Kier alpha value is 0.650. The molecule has 4 N–H and O–H groups in total. The van der Waals surface area contributed by atoms with E-state index in [1.165, 1.54) is 0 Å². The molecule has 0 aromatic heterocycles. The van der Waals surface area contributed by atoms with Gasteiger partial charge in [0.15, 0.2) is 0 Å². The third-order valence-electron chi connectivity index (χ3n) is 3.61. The van der Waals surface area contributed by atoms with Gasteiger partial charge in [0, 0.05) is 0 Å². The fourth-order valence-electron chi connectivity index (χ4n) is 2.43. The topological polar surface area (TPSA) is 92.8 Å². The summed E-state index contributed by atoms with van der Waals surface area (Å²) >= 11 is 6.15. The number of rotatable bonds is 3. The molecule has 3 atom stereocenters. The van der Waals surface area contributed by atoms with Gasteiger partial charge in [0.2, 0.25) is 0 Å². The van der Waals surface area contributed by atoms with Crippen molar-refractivity contribution < 1.29 is 40.9 Å². The Morgan fingerprint density at radius 3 is 2.75 bits per heavy atom. The van der Waals surface area contributed by atoms with Crippen LogP contribution in [0.25, 0.3) is 0 Å². The van der Waals surface area contributed by atoms with Crippen LogP contribution in [0.2, 0.25) is 0 Å². The number of alkyl halides is 1. The second kappa shape index (κ2) is 7.72. The molecule has 1 heterocycles. The van der Waals surface area contributed by atoms with Crippen molar-refractivity contribution in [3.8, 4) is 5.75 Å². The molecule has 0 bridgehead atoms. The van der Waals surface area contributed by atoms with E-state index in [1.54, 1.807) is 0 Å². The Kier molecular flexibility index (Phi) is 6.24. The number of halogens is 4. The second-order valence-corrected chi connectivity index (χ2v) is 12.0. The summed E-state index contributed by atoms with van der Waals surface area (Å²) in [6, 6.07) is 3.06. The fourth-order valence-corrected chi connectivity index (χ4v) is 9.64. The van der Waals surface area contributed by atoms with Gasteiger partial charge in [-0.3, -0.25) is 0 Å². The number of carboxylic acid groups (broad SMARTS) is 1. The maximum absolute atomic E-state index is 11.0. The Labute approximate surface area is 190 Å². The Morgan fingerprint density at radius 1 is 1.38 bits per heavy atom. The Balaban J connectivity index is 1.95. The first-order valence-corrected chi connectivity index (χ1v) is 12.4. The van der Waals surface area contributed by atoms with Crippen LogP contribution in [0.3, 0.4) is 0 Å². The van der Waals surface area contributed by atoms with Gasteiger partial charge >= 0.3 is 192 Å². The van der Waals surface area contributed by atoms with E-state index in [-0.39, 0.29) is 10.0 Å². The number of allylic oxidation sites excluding steroid dienone is 1. The number of carbonyl (C=O) groups is 1. The molecule has 1 aromatic rings. The summed E-state index contributed by atoms with van der Waals surface area (Å²) in [7, 11) is 0. The summed E-state index contributed by atoms with van der Waals surface area (Å²) in [5, 5.41) is 19.2. The number of ether oxygens (including phenoxy) is 1. The van der Waals surface area contributed by atoms with Crippen LogP contribution in [0.4, 0.5) is 0 Å². The zero-order valence-electron chi connectivity index (χ0n) is 12.0. The standard InChI is InChI=1S/C15H12I4NO4/c16-6-4-10-12(11(18)13(6)21)19-8-2-5(3-9(20)15(22)23)1-7(17)14(8)24-10/h1-2,4,9-10,12,21H,3,20H2,(H,22,23)/q-1/t9-,10?,12-/m0/s1. The molecule has 2 aliphatic rings. The van der Waals surface area contributed by atoms with E-state index in [9.17, 15) is 9.90 Å². The molecule has 0 saturated carbocycles. The molecule has 1 aliphatic heterocycles. The van der Waals surface area contributed by atoms with Crippen LogP contribution >= 0.6 is 67.8 Å². The van der Waals surface area contributed by atoms with Crippen LogP contribution in [0.15, 0.2) is 31.1 Å². The number of aliphatic hydroxyl groups excluding tert-OH is 1. The fraction of sp³-hybridized carbons (Fsp3) is 0.267. The molecule has 3 rings (SSSR count). The van der Waals surface area contributed by atoms with E-state index in [1.807, 2.05) is 18.2 Å². The van der Waals surface area contributed by atoms with Crippen molar-refractivity contribution in [1.29, 1.82) is 0 Å². The van der Waals surface area contributed by atoms with E-state index in [0.717, 1.165) is 25.6 Å². The Bertz CT molecular complexity index is 777. The predicted molar refractivity (Wildman–Crippen MR) is 111 cm³/mol. The third kappa shape index (κ3) is 3.83. The molecule has 0 amide bonds. The molecule has 9 heteroatoms. The number of benzene rings is 1. The van der Waals surface area contributed by atoms with Crippen molar-refractivity contribution in [1.82, 2.24) is 0 Å². The van der Waals surface area contributed by atoms with Gasteiger partial charge in [0.1, 0.15) is 0 Å². The SMILES string of the molecule is N[C@@H](Cc1cc(I)c2c(c1)[I-][C@@H]1C(I)=C(O)C(I)=CC1O2)C(=O)O. The zero-order chi connectivity index (χ0) is 17.6. The number of hydrogen-bond acceptors (Lipinski definition) is 4. The molecule has 0 saturated heterocycles. The molecule has 130 valence electrons. The quantitative estimate of drug-likeness (QED) is 0.301. The zero-order valence-corrected chi connectivity index (χ0v) is 20.6. The van der Waals surface area contributed by atoms with Crippen molar-refractivity contribution in [2.24, 2.45) is 5.73 Å². The van der Waals surface area contributed by atoms with Crippen molar-refractivity contribution >= 4 is 73.7 Å². The molecule has 1 aliphatic carbocycles. The number of hydrogen-bond donors (Lipinski definition) is 3. The summed E-state index contributed by atoms with van der Waals surface area (Å²) in [6.45, 7) is 0. The summed E-state index contributed by atoms with van der Waals surface area (Å²) in [6.07, 6.45) is 2.24. The van der Waals surface area contributed by atoms with E-state index in [4.69, 9.17) is 15.6 Å². The van der Waals surface area contributed by atoms with Gasteiger partial charge in [0.05, 0.1) is 0 Å². The van der Waals surface area contributed by atoms with Crippen molar-refractivity contribution in [3.63, 3.8) is 0 Å². The minimum absolute atomic E-state index is 0.0411. The van der Waals surface area contributed by atoms with Crippen LogP contribution in [-0.2, 0) is 11.2 Å². The Morgan fingerprint density at radius 2 is 2.08 bits per heavy atom. The van der Waals surface area contributed by atoms with E-state index in [0.29, 0.717) is 12.2 Å². The van der Waals surface area contributed by atoms with Crippen LogP contribution in [0.1, 0.15) is 5.56 Å². The molecule has 1 aromatic carbocycles. The summed E-state index contributed by atoms with van der Waals surface area (Å²) in [5.74, 6) is 0.245. The monoisotopic (exact) mass is 778 g/mol. The molecule has 24 heavy (non-hydrogen) atoms. The predicted octanol–water partition coefficient (Wildman–Crippen LogP) is 0.171. The minimum atomic E-state index is -0.997. The van der Waals surface area contributed by atoms with Crippen molar-refractivity contribution in [2.45, 2.75) is 22.5 Å². The average Bonchev–Trinajstić information content (AvgIpc) is 2.52. The van der Waals surface area contributed by atoms with Crippen LogP contribution in [0, 0.1) is 7.14 Å². The van der Waals surface area contributed by atoms with Gasteiger partial charge in [-0.05, 0) is 0 Å². The summed E-state index contributed by atoms with van der Waals surface area (Å²) in [4.78, 5) is 11.0. The molecule has 1 unspecified atom stereocenters. The third-order valence-corrected chi connectivity index (χ3v) is 11.1. The first-order valence-electron chi connectivity index (χ1n) is 6.85. The van der Waals surface area contributed by atoms with Crippen LogP contribution < -0.4 is 31.7 Å². The normalized spacial score (nSPS) is 24.1. The van der Waals surface area contributed by atoms with E-state index >= 15 is 0 Å². The molecule has 0 fully saturated rings. The summed E-state index contributed by atoms with van der Waals surface area (Å²) < 4.78 is 10.3. The molecule has 0 spiro atoms. The molecule has 5 nitrogen and oxygen atoms in total. The average molecular weight is 778 g/mol. The van der Waals surface area contributed by atoms with Crippen molar-refractivity contribution in [2.75, 3.05) is 0 Å². The number of aliphatic carboxylic acids is 1. The van der Waals surface area contributed by atoms with Crippen LogP contribution in [-0.4, -0.2) is 32.3 Å². The summed E-state index contributed by atoms with van der Waals surface area (Å²) in [5.41, 5.74) is 6.58. The van der Waals surface area contributed by atoms with Gasteiger partial charge in [-0.15, -0.1) is 0 Å². The van der Waals surface area contributed by atoms with Gasteiger partial charge in [-0.1, -0.05) is 0 Å². The van der Waals surface area contributed by atoms with Gasteiger partial charge in [-0.2, -0.15) is 0 Å². The molecular weight excluding hydrogens is 766 g/mol. The number of fused-ring (bicyclic) bond motifs is 2. The van der Waals surface area contributed by atoms with E-state index < -0.39 is 33.2 Å². The van der Waals surface area contributed by atoms with E-state index in [2.05, 4.69) is 67.8 Å². The molecule has 0 radical (unpaired) electrons.